The summed E-state index contributed by atoms with van der Waals surface area (Å²) in [6, 6.07) is 16.8. The van der Waals surface area contributed by atoms with Gasteiger partial charge in [-0.3, -0.25) is 4.79 Å². The fourth-order valence-corrected chi connectivity index (χ4v) is 3.19. The van der Waals surface area contributed by atoms with E-state index in [9.17, 15) is 9.59 Å². The third kappa shape index (κ3) is 3.70. The van der Waals surface area contributed by atoms with E-state index in [2.05, 4.69) is 5.10 Å². The largest absolute Gasteiger partial charge is 0.478 e. The van der Waals surface area contributed by atoms with Crippen molar-refractivity contribution in [2.75, 3.05) is 5.01 Å². The molecule has 7 heteroatoms. The van der Waals surface area contributed by atoms with E-state index in [-0.39, 0.29) is 11.5 Å². The van der Waals surface area contributed by atoms with Crippen LogP contribution in [-0.4, -0.2) is 22.7 Å². The molecule has 0 atom stereocenters. The Morgan fingerprint density at radius 1 is 1.14 bits per heavy atom. The van der Waals surface area contributed by atoms with Crippen LogP contribution < -0.4 is 5.01 Å². The van der Waals surface area contributed by atoms with E-state index >= 15 is 0 Å². The molecule has 0 unspecified atom stereocenters. The lowest BCUT2D eigenvalue weighted by atomic mass is 10.1. The highest BCUT2D eigenvalue weighted by Gasteiger charge is 2.29. The monoisotopic (exact) mass is 406 g/mol. The number of carboxylic acid groups (broad SMARTS) is 1. The van der Waals surface area contributed by atoms with Crippen molar-refractivity contribution in [2.24, 2.45) is 5.10 Å². The molecule has 0 bridgehead atoms. The van der Waals surface area contributed by atoms with Crippen LogP contribution in [0.4, 0.5) is 5.69 Å². The van der Waals surface area contributed by atoms with E-state index < -0.39 is 5.97 Å². The molecule has 0 spiro atoms. The average Bonchev–Trinajstić information content (AvgIpc) is 3.28. The second kappa shape index (κ2) is 7.41. The molecule has 0 radical (unpaired) electrons. The predicted molar refractivity (Wildman–Crippen MR) is 111 cm³/mol. The van der Waals surface area contributed by atoms with E-state index in [0.717, 1.165) is 0 Å². The summed E-state index contributed by atoms with van der Waals surface area (Å²) in [4.78, 5) is 24.0. The van der Waals surface area contributed by atoms with Crippen molar-refractivity contribution >= 4 is 41.0 Å². The molecule has 0 saturated heterocycles. The lowest BCUT2D eigenvalue weighted by Crippen LogP contribution is -2.21. The molecule has 6 nitrogen and oxygen atoms in total. The van der Waals surface area contributed by atoms with E-state index in [1.165, 1.54) is 17.1 Å². The van der Waals surface area contributed by atoms with Crippen molar-refractivity contribution in [3.8, 4) is 11.3 Å². The number of amides is 1. The summed E-state index contributed by atoms with van der Waals surface area (Å²) in [6.45, 7) is 1.74. The number of carbonyl (C=O) groups is 2. The van der Waals surface area contributed by atoms with E-state index in [1.54, 1.807) is 61.5 Å². The number of hydrogen-bond donors (Lipinski definition) is 1. The molecule has 1 N–H and O–H groups in total. The predicted octanol–water partition coefficient (Wildman–Crippen LogP) is 5.10. The Bertz CT molecular complexity index is 1190. The van der Waals surface area contributed by atoms with Crippen LogP contribution in [0.1, 0.15) is 23.0 Å². The molecule has 3 aromatic rings. The number of aromatic carboxylic acids is 1. The summed E-state index contributed by atoms with van der Waals surface area (Å²) in [7, 11) is 0. The first kappa shape index (κ1) is 18.7. The molecule has 1 aromatic heterocycles. The van der Waals surface area contributed by atoms with E-state index in [0.29, 0.717) is 39.1 Å². The topological polar surface area (TPSA) is 83.1 Å². The van der Waals surface area contributed by atoms with Gasteiger partial charge in [-0.25, -0.2) is 4.79 Å². The van der Waals surface area contributed by atoms with Gasteiger partial charge in [-0.15, -0.1) is 0 Å². The number of nitrogens with zero attached hydrogens (tertiary/aromatic N) is 2. The number of carboxylic acids is 1. The molecule has 2 heterocycles. The standard InChI is InChI=1S/C22H15ClN2O4/c1-13-19(21(26)25(24-13)17-7-3-6-16(23)11-17)12-18-8-9-20(29-18)14-4-2-5-15(10-14)22(27)28/h2-12H,1H3,(H,27,28)/b19-12-. The molecular weight excluding hydrogens is 392 g/mol. The maximum absolute atomic E-state index is 12.8. The SMILES string of the molecule is CC1=NN(c2cccc(Cl)c2)C(=O)/C1=C\c1ccc(-c2cccc(C(=O)O)c2)o1. The van der Waals surface area contributed by atoms with Crippen molar-refractivity contribution in [2.45, 2.75) is 6.92 Å². The van der Waals surface area contributed by atoms with Crippen LogP contribution in [0.2, 0.25) is 5.02 Å². The first-order chi connectivity index (χ1) is 13.9. The number of furan rings is 1. The Morgan fingerprint density at radius 2 is 1.93 bits per heavy atom. The fourth-order valence-electron chi connectivity index (χ4n) is 3.00. The molecular formula is C22H15ClN2O4. The van der Waals surface area contributed by atoms with Crippen molar-refractivity contribution in [3.63, 3.8) is 0 Å². The van der Waals surface area contributed by atoms with Crippen LogP contribution in [0, 0.1) is 0 Å². The number of hydrogen-bond acceptors (Lipinski definition) is 4. The Balaban J connectivity index is 1.62. The summed E-state index contributed by atoms with van der Waals surface area (Å²) in [5.41, 5.74) is 2.35. The number of halogens is 1. The van der Waals surface area contributed by atoms with Gasteiger partial charge in [0.05, 0.1) is 22.5 Å². The zero-order valence-corrected chi connectivity index (χ0v) is 16.1. The maximum Gasteiger partial charge on any atom is 0.335 e. The summed E-state index contributed by atoms with van der Waals surface area (Å²) >= 11 is 6.01. The van der Waals surface area contributed by atoms with Crippen LogP contribution in [0.3, 0.4) is 0 Å². The van der Waals surface area contributed by atoms with E-state index in [1.807, 2.05) is 0 Å². The zero-order chi connectivity index (χ0) is 20.5. The lowest BCUT2D eigenvalue weighted by Gasteiger charge is -2.11. The van der Waals surface area contributed by atoms with Crippen molar-refractivity contribution in [3.05, 3.63) is 82.6 Å². The molecule has 2 aromatic carbocycles. The summed E-state index contributed by atoms with van der Waals surface area (Å²) in [5, 5.41) is 15.3. The third-order valence-electron chi connectivity index (χ3n) is 4.42. The van der Waals surface area contributed by atoms with Crippen LogP contribution in [-0.2, 0) is 4.79 Å². The Labute approximate surface area is 171 Å². The minimum atomic E-state index is -1.01. The lowest BCUT2D eigenvalue weighted by molar-refractivity contribution is -0.114. The van der Waals surface area contributed by atoms with Gasteiger partial charge < -0.3 is 9.52 Å². The maximum atomic E-state index is 12.8. The highest BCUT2D eigenvalue weighted by atomic mass is 35.5. The van der Waals surface area contributed by atoms with Gasteiger partial charge in [-0.1, -0.05) is 29.8 Å². The minimum Gasteiger partial charge on any atom is -0.478 e. The summed E-state index contributed by atoms with van der Waals surface area (Å²) in [6.07, 6.45) is 1.62. The van der Waals surface area contributed by atoms with Crippen molar-refractivity contribution < 1.29 is 19.1 Å². The van der Waals surface area contributed by atoms with Crippen LogP contribution >= 0.6 is 11.6 Å². The van der Waals surface area contributed by atoms with Crippen LogP contribution in [0.5, 0.6) is 0 Å². The first-order valence-corrected chi connectivity index (χ1v) is 9.11. The van der Waals surface area contributed by atoms with Gasteiger partial charge in [0, 0.05) is 10.6 Å². The second-order valence-electron chi connectivity index (χ2n) is 6.43. The molecule has 1 amide bonds. The molecule has 4 rings (SSSR count). The van der Waals surface area contributed by atoms with Gasteiger partial charge in [0.15, 0.2) is 0 Å². The molecule has 0 saturated carbocycles. The zero-order valence-electron chi connectivity index (χ0n) is 15.3. The number of rotatable bonds is 4. The molecule has 1 aliphatic rings. The number of carbonyl (C=O) groups excluding carboxylic acids is 1. The van der Waals surface area contributed by atoms with Gasteiger partial charge >= 0.3 is 5.97 Å². The highest BCUT2D eigenvalue weighted by molar-refractivity contribution is 6.33. The Morgan fingerprint density at radius 3 is 2.69 bits per heavy atom. The first-order valence-electron chi connectivity index (χ1n) is 8.73. The normalized spacial score (nSPS) is 15.1. The Hall–Kier alpha value is -3.64. The number of hydrazone groups is 1. The van der Waals surface area contributed by atoms with Gasteiger partial charge in [0.25, 0.3) is 5.91 Å². The fraction of sp³-hybridized carbons (Fsp3) is 0.0455. The van der Waals surface area contributed by atoms with Crippen LogP contribution in [0.15, 0.2) is 75.8 Å². The summed E-state index contributed by atoms with van der Waals surface area (Å²) in [5.74, 6) is -0.320. The molecule has 0 aliphatic carbocycles. The van der Waals surface area contributed by atoms with Crippen molar-refractivity contribution in [1.82, 2.24) is 0 Å². The second-order valence-corrected chi connectivity index (χ2v) is 6.86. The molecule has 29 heavy (non-hydrogen) atoms. The van der Waals surface area contributed by atoms with Crippen LogP contribution in [0.25, 0.3) is 17.4 Å². The van der Waals surface area contributed by atoms with E-state index in [4.69, 9.17) is 21.1 Å². The third-order valence-corrected chi connectivity index (χ3v) is 4.66. The van der Waals surface area contributed by atoms with Gasteiger partial charge in [0.1, 0.15) is 11.5 Å². The summed E-state index contributed by atoms with van der Waals surface area (Å²) < 4.78 is 5.81. The van der Waals surface area contributed by atoms with Gasteiger partial charge in [-0.2, -0.15) is 10.1 Å². The molecule has 1 aliphatic heterocycles. The minimum absolute atomic E-state index is 0.171. The smallest absolute Gasteiger partial charge is 0.335 e. The Kier molecular flexibility index (Phi) is 4.78. The van der Waals surface area contributed by atoms with Crippen molar-refractivity contribution in [1.29, 1.82) is 0 Å². The van der Waals surface area contributed by atoms with Gasteiger partial charge in [-0.05, 0) is 55.5 Å². The quantitative estimate of drug-likeness (QED) is 0.610. The number of anilines is 1. The highest BCUT2D eigenvalue weighted by Crippen LogP contribution is 2.29. The van der Waals surface area contributed by atoms with Gasteiger partial charge in [0.2, 0.25) is 0 Å². The number of benzene rings is 2. The average molecular weight is 407 g/mol. The molecule has 0 fully saturated rings. The molecule has 144 valence electrons.